The van der Waals surface area contributed by atoms with Gasteiger partial charge in [-0.1, -0.05) is 12.1 Å². The number of ether oxygens (including phenoxy) is 3. The van der Waals surface area contributed by atoms with E-state index in [1.54, 1.807) is 38.2 Å². The topological polar surface area (TPSA) is 74.7 Å². The molecule has 2 rings (SSSR count). The van der Waals surface area contributed by atoms with Crippen LogP contribution < -0.4 is 4.74 Å². The van der Waals surface area contributed by atoms with Gasteiger partial charge in [0.1, 0.15) is 12.2 Å². The normalized spacial score (nSPS) is 11.6. The van der Waals surface area contributed by atoms with Gasteiger partial charge in [0.2, 0.25) is 5.88 Å². The summed E-state index contributed by atoms with van der Waals surface area (Å²) in [4.78, 5) is 28.1. The van der Waals surface area contributed by atoms with Crippen molar-refractivity contribution in [3.8, 4) is 17.0 Å². The smallest absolute Gasteiger partial charge is 0.338 e. The zero-order valence-electron chi connectivity index (χ0n) is 17.2. The van der Waals surface area contributed by atoms with Crippen LogP contribution in [0, 0.1) is 5.41 Å². The molecule has 6 heteroatoms. The molecule has 1 heterocycles. The van der Waals surface area contributed by atoms with E-state index in [-0.39, 0.29) is 18.5 Å². The largest absolute Gasteiger partial charge is 0.476 e. The predicted molar refractivity (Wildman–Crippen MR) is 106 cm³/mol. The molecule has 2 aromatic rings. The van der Waals surface area contributed by atoms with Gasteiger partial charge >= 0.3 is 11.9 Å². The summed E-state index contributed by atoms with van der Waals surface area (Å²) in [7, 11) is 1.35. The van der Waals surface area contributed by atoms with Gasteiger partial charge in [-0.3, -0.25) is 4.79 Å². The average molecular weight is 385 g/mol. The lowest BCUT2D eigenvalue weighted by Gasteiger charge is -2.21. The van der Waals surface area contributed by atoms with Gasteiger partial charge in [-0.05, 0) is 58.4 Å². The van der Waals surface area contributed by atoms with Crippen molar-refractivity contribution in [1.29, 1.82) is 0 Å². The highest BCUT2D eigenvalue weighted by Crippen LogP contribution is 2.23. The van der Waals surface area contributed by atoms with Crippen molar-refractivity contribution in [3.63, 3.8) is 0 Å². The van der Waals surface area contributed by atoms with Crippen LogP contribution in [0.4, 0.5) is 0 Å². The lowest BCUT2D eigenvalue weighted by atomic mass is 9.95. The van der Waals surface area contributed by atoms with E-state index in [2.05, 4.69) is 4.98 Å². The first-order chi connectivity index (χ1) is 13.0. The van der Waals surface area contributed by atoms with Gasteiger partial charge < -0.3 is 14.2 Å². The molecule has 0 aliphatic rings. The molecule has 0 aliphatic heterocycles. The number of pyridine rings is 1. The van der Waals surface area contributed by atoms with E-state index in [1.807, 2.05) is 39.0 Å². The number of hydrogen-bond donors (Lipinski definition) is 0. The maximum Gasteiger partial charge on any atom is 0.338 e. The molecule has 0 saturated carbocycles. The second-order valence-corrected chi connectivity index (χ2v) is 8.13. The molecule has 0 N–H and O–H groups in total. The van der Waals surface area contributed by atoms with Gasteiger partial charge in [0.25, 0.3) is 0 Å². The van der Waals surface area contributed by atoms with Crippen LogP contribution in [0.2, 0.25) is 0 Å². The fourth-order valence-corrected chi connectivity index (χ4v) is 2.36. The fourth-order valence-electron chi connectivity index (χ4n) is 2.36. The van der Waals surface area contributed by atoms with E-state index in [0.29, 0.717) is 11.4 Å². The monoisotopic (exact) mass is 385 g/mol. The van der Waals surface area contributed by atoms with Gasteiger partial charge in [-0.15, -0.1) is 0 Å². The van der Waals surface area contributed by atoms with Crippen molar-refractivity contribution in [3.05, 3.63) is 48.2 Å². The maximum absolute atomic E-state index is 12.1. The SMILES string of the molecule is COC(=O)C(C)(C)COc1ccc(-c2ccc(C(=O)OC(C)(C)C)cc2)cn1. The van der Waals surface area contributed by atoms with E-state index in [0.717, 1.165) is 11.1 Å². The van der Waals surface area contributed by atoms with Crippen molar-refractivity contribution in [2.24, 2.45) is 5.41 Å². The number of carbonyl (C=O) groups excluding carboxylic acids is 2. The molecule has 0 bridgehead atoms. The number of nitrogens with zero attached hydrogens (tertiary/aromatic N) is 1. The number of esters is 2. The molecule has 1 aromatic carbocycles. The van der Waals surface area contributed by atoms with Crippen LogP contribution >= 0.6 is 0 Å². The minimum atomic E-state index is -0.757. The van der Waals surface area contributed by atoms with E-state index in [9.17, 15) is 9.59 Å². The number of methoxy groups -OCH3 is 1. The summed E-state index contributed by atoms with van der Waals surface area (Å²) in [6, 6.07) is 10.8. The number of rotatable bonds is 6. The third-order valence-corrected chi connectivity index (χ3v) is 3.91. The summed E-state index contributed by atoms with van der Waals surface area (Å²) in [6.07, 6.45) is 1.68. The third kappa shape index (κ3) is 5.81. The molecule has 28 heavy (non-hydrogen) atoms. The minimum absolute atomic E-state index is 0.163. The molecule has 0 saturated heterocycles. The van der Waals surface area contributed by atoms with Crippen molar-refractivity contribution < 1.29 is 23.8 Å². The highest BCUT2D eigenvalue weighted by molar-refractivity contribution is 5.90. The molecule has 0 fully saturated rings. The Morgan fingerprint density at radius 1 is 0.929 bits per heavy atom. The quantitative estimate of drug-likeness (QED) is 0.691. The molecular formula is C22H27NO5. The van der Waals surface area contributed by atoms with Crippen LogP contribution in [-0.2, 0) is 14.3 Å². The molecule has 0 amide bonds. The Morgan fingerprint density at radius 2 is 1.54 bits per heavy atom. The lowest BCUT2D eigenvalue weighted by Crippen LogP contribution is -2.32. The number of aromatic nitrogens is 1. The molecule has 150 valence electrons. The third-order valence-electron chi connectivity index (χ3n) is 3.91. The Labute approximate surface area is 165 Å². The van der Waals surface area contributed by atoms with Crippen LogP contribution in [0.3, 0.4) is 0 Å². The molecule has 0 unspecified atom stereocenters. The van der Waals surface area contributed by atoms with E-state index in [1.165, 1.54) is 7.11 Å². The van der Waals surface area contributed by atoms with E-state index < -0.39 is 11.0 Å². The maximum atomic E-state index is 12.1. The van der Waals surface area contributed by atoms with Gasteiger partial charge in [-0.25, -0.2) is 9.78 Å². The fraction of sp³-hybridized carbons (Fsp3) is 0.409. The minimum Gasteiger partial charge on any atom is -0.476 e. The Balaban J connectivity index is 2.03. The Morgan fingerprint density at radius 3 is 2.04 bits per heavy atom. The number of benzene rings is 1. The first kappa shape index (κ1) is 21.4. The zero-order chi connectivity index (χ0) is 20.9. The first-order valence-electron chi connectivity index (χ1n) is 9.03. The summed E-state index contributed by atoms with van der Waals surface area (Å²) < 4.78 is 15.7. The predicted octanol–water partition coefficient (Wildman–Crippen LogP) is 4.28. The molecule has 1 aromatic heterocycles. The van der Waals surface area contributed by atoms with Crippen LogP contribution in [-0.4, -0.2) is 36.2 Å². The molecule has 6 nitrogen and oxygen atoms in total. The van der Waals surface area contributed by atoms with Crippen molar-refractivity contribution in [2.45, 2.75) is 40.2 Å². The average Bonchev–Trinajstić information content (AvgIpc) is 2.65. The molecule has 0 spiro atoms. The van der Waals surface area contributed by atoms with Crippen LogP contribution in [0.5, 0.6) is 5.88 Å². The van der Waals surface area contributed by atoms with Gasteiger partial charge in [0, 0.05) is 17.8 Å². The van der Waals surface area contributed by atoms with E-state index in [4.69, 9.17) is 14.2 Å². The molecule has 0 aliphatic carbocycles. The Hall–Kier alpha value is -2.89. The molecule has 0 radical (unpaired) electrons. The Kier molecular flexibility index (Phi) is 6.44. The highest BCUT2D eigenvalue weighted by Gasteiger charge is 2.29. The van der Waals surface area contributed by atoms with Crippen LogP contribution in [0.15, 0.2) is 42.6 Å². The highest BCUT2D eigenvalue weighted by atomic mass is 16.6. The van der Waals surface area contributed by atoms with Gasteiger partial charge in [-0.2, -0.15) is 0 Å². The second-order valence-electron chi connectivity index (χ2n) is 8.13. The summed E-state index contributed by atoms with van der Waals surface area (Å²) >= 11 is 0. The summed E-state index contributed by atoms with van der Waals surface area (Å²) in [5.41, 5.74) is 1.01. The molecule has 0 atom stereocenters. The second kappa shape index (κ2) is 8.42. The van der Waals surface area contributed by atoms with Crippen molar-refractivity contribution in [2.75, 3.05) is 13.7 Å². The summed E-state index contributed by atoms with van der Waals surface area (Å²) in [5, 5.41) is 0. The molecular weight excluding hydrogens is 358 g/mol. The van der Waals surface area contributed by atoms with Crippen molar-refractivity contribution in [1.82, 2.24) is 4.98 Å². The lowest BCUT2D eigenvalue weighted by molar-refractivity contribution is -0.152. The number of carbonyl (C=O) groups is 2. The summed E-state index contributed by atoms with van der Waals surface area (Å²) in [6.45, 7) is 9.16. The van der Waals surface area contributed by atoms with Gasteiger partial charge in [0.15, 0.2) is 0 Å². The Bertz CT molecular complexity index is 818. The van der Waals surface area contributed by atoms with Crippen molar-refractivity contribution >= 4 is 11.9 Å². The van der Waals surface area contributed by atoms with E-state index >= 15 is 0 Å². The summed E-state index contributed by atoms with van der Waals surface area (Å²) in [5.74, 6) is -0.269. The number of hydrogen-bond acceptors (Lipinski definition) is 6. The van der Waals surface area contributed by atoms with Gasteiger partial charge in [0.05, 0.1) is 18.1 Å². The van der Waals surface area contributed by atoms with Crippen LogP contribution in [0.1, 0.15) is 45.0 Å². The standard InChI is InChI=1S/C22H27NO5/c1-21(2,3)28-19(24)16-9-7-15(8-10-16)17-11-12-18(23-13-17)27-14-22(4,5)20(25)26-6/h7-13H,14H2,1-6H3. The van der Waals surface area contributed by atoms with Crippen LogP contribution in [0.25, 0.3) is 11.1 Å². The zero-order valence-corrected chi connectivity index (χ0v) is 17.2. The first-order valence-corrected chi connectivity index (χ1v) is 9.03.